The number of carboxylic acid groups (broad SMARTS) is 1. The van der Waals surface area contributed by atoms with Crippen molar-refractivity contribution in [3.8, 4) is 0 Å². The van der Waals surface area contributed by atoms with Crippen molar-refractivity contribution in [3.63, 3.8) is 0 Å². The highest BCUT2D eigenvalue weighted by atomic mass is 16.4. The molecule has 64 valence electrons. The molecule has 11 heavy (non-hydrogen) atoms. The molecule has 1 heterocycles. The zero-order valence-electron chi connectivity index (χ0n) is 6.89. The summed E-state index contributed by atoms with van der Waals surface area (Å²) < 4.78 is 0. The Morgan fingerprint density at radius 2 is 2.45 bits per heavy atom. The molecule has 0 aromatic heterocycles. The van der Waals surface area contributed by atoms with Gasteiger partial charge in [-0.15, -0.1) is 0 Å². The number of piperidine rings is 1. The summed E-state index contributed by atoms with van der Waals surface area (Å²) in [6.07, 6.45) is 2.43. The molecule has 3 nitrogen and oxygen atoms in total. The van der Waals surface area contributed by atoms with Gasteiger partial charge < -0.3 is 10.4 Å². The van der Waals surface area contributed by atoms with Gasteiger partial charge in [-0.05, 0) is 24.8 Å². The summed E-state index contributed by atoms with van der Waals surface area (Å²) in [5.41, 5.74) is -0.00984. The summed E-state index contributed by atoms with van der Waals surface area (Å²) in [6, 6.07) is 0. The minimum Gasteiger partial charge on any atom is -0.481 e. The third kappa shape index (κ3) is 2.50. The standard InChI is InChI=1S/C8H15NO2/c1-8(5-7(10)11)3-2-4-9-6-8/h9H,2-6H2,1H3,(H,10,11)/t8-/m1/s1. The Bertz CT molecular complexity index is 150. The maximum Gasteiger partial charge on any atom is 0.303 e. The van der Waals surface area contributed by atoms with Crippen molar-refractivity contribution in [1.82, 2.24) is 5.32 Å². The van der Waals surface area contributed by atoms with Gasteiger partial charge in [-0.25, -0.2) is 0 Å². The average molecular weight is 157 g/mol. The number of hydrogen-bond acceptors (Lipinski definition) is 2. The summed E-state index contributed by atoms with van der Waals surface area (Å²) in [5, 5.41) is 11.8. The molecule has 1 aliphatic rings. The van der Waals surface area contributed by atoms with Gasteiger partial charge in [0.05, 0.1) is 6.42 Å². The first-order valence-corrected chi connectivity index (χ1v) is 4.05. The van der Waals surface area contributed by atoms with E-state index in [0.717, 1.165) is 25.9 Å². The lowest BCUT2D eigenvalue weighted by Gasteiger charge is -2.32. The average Bonchev–Trinajstić information content (AvgIpc) is 1.85. The Morgan fingerprint density at radius 3 is 2.91 bits per heavy atom. The number of nitrogens with one attached hydrogen (secondary N) is 1. The van der Waals surface area contributed by atoms with E-state index in [2.05, 4.69) is 5.32 Å². The SMILES string of the molecule is C[C@]1(CC(=O)O)CCCNC1. The maximum atomic E-state index is 10.4. The molecular weight excluding hydrogens is 142 g/mol. The van der Waals surface area contributed by atoms with Crippen LogP contribution in [0.1, 0.15) is 26.2 Å². The van der Waals surface area contributed by atoms with Gasteiger partial charge in [0.15, 0.2) is 0 Å². The monoisotopic (exact) mass is 157 g/mol. The lowest BCUT2D eigenvalue weighted by Crippen LogP contribution is -2.39. The van der Waals surface area contributed by atoms with E-state index in [0.29, 0.717) is 6.42 Å². The zero-order valence-corrected chi connectivity index (χ0v) is 6.89. The number of aliphatic carboxylic acids is 1. The van der Waals surface area contributed by atoms with Crippen molar-refractivity contribution in [1.29, 1.82) is 0 Å². The molecule has 0 spiro atoms. The second-order valence-corrected chi connectivity index (χ2v) is 3.66. The lowest BCUT2D eigenvalue weighted by molar-refractivity contribution is -0.139. The van der Waals surface area contributed by atoms with Crippen LogP contribution in [0.3, 0.4) is 0 Å². The highest BCUT2D eigenvalue weighted by Gasteiger charge is 2.28. The fraction of sp³-hybridized carbons (Fsp3) is 0.875. The molecule has 1 fully saturated rings. The Balaban J connectivity index is 2.43. The van der Waals surface area contributed by atoms with Gasteiger partial charge in [0.1, 0.15) is 0 Å². The fourth-order valence-corrected chi connectivity index (χ4v) is 1.63. The molecule has 0 saturated carbocycles. The molecule has 1 saturated heterocycles. The van der Waals surface area contributed by atoms with Crippen LogP contribution in [0.25, 0.3) is 0 Å². The third-order valence-corrected chi connectivity index (χ3v) is 2.26. The smallest absolute Gasteiger partial charge is 0.303 e. The van der Waals surface area contributed by atoms with Crippen LogP contribution in [0, 0.1) is 5.41 Å². The van der Waals surface area contributed by atoms with E-state index in [1.165, 1.54) is 0 Å². The van der Waals surface area contributed by atoms with Crippen LogP contribution < -0.4 is 5.32 Å². The van der Waals surface area contributed by atoms with Crippen molar-refractivity contribution in [2.24, 2.45) is 5.41 Å². The topological polar surface area (TPSA) is 49.3 Å². The molecule has 0 aromatic rings. The zero-order chi connectivity index (χ0) is 8.32. The summed E-state index contributed by atoms with van der Waals surface area (Å²) >= 11 is 0. The van der Waals surface area contributed by atoms with Gasteiger partial charge in [-0.2, -0.15) is 0 Å². The van der Waals surface area contributed by atoms with Crippen LogP contribution in [0.5, 0.6) is 0 Å². The fourth-order valence-electron chi connectivity index (χ4n) is 1.63. The van der Waals surface area contributed by atoms with E-state index in [-0.39, 0.29) is 5.41 Å². The van der Waals surface area contributed by atoms with Crippen LogP contribution in [-0.4, -0.2) is 24.2 Å². The molecule has 0 aromatic carbocycles. The molecule has 0 radical (unpaired) electrons. The molecule has 0 amide bonds. The Labute approximate surface area is 66.8 Å². The van der Waals surface area contributed by atoms with Gasteiger partial charge in [-0.1, -0.05) is 6.92 Å². The molecule has 1 aliphatic heterocycles. The van der Waals surface area contributed by atoms with Crippen LogP contribution in [0.4, 0.5) is 0 Å². The van der Waals surface area contributed by atoms with Crippen molar-refractivity contribution >= 4 is 5.97 Å². The molecule has 2 N–H and O–H groups in total. The highest BCUT2D eigenvalue weighted by Crippen LogP contribution is 2.28. The molecule has 1 rings (SSSR count). The van der Waals surface area contributed by atoms with Crippen LogP contribution in [0.15, 0.2) is 0 Å². The Morgan fingerprint density at radius 1 is 1.73 bits per heavy atom. The minimum absolute atomic E-state index is 0.00984. The summed E-state index contributed by atoms with van der Waals surface area (Å²) in [4.78, 5) is 10.4. The summed E-state index contributed by atoms with van der Waals surface area (Å²) in [7, 11) is 0. The first-order chi connectivity index (χ1) is 5.12. The minimum atomic E-state index is -0.684. The number of hydrogen-bond donors (Lipinski definition) is 2. The van der Waals surface area contributed by atoms with E-state index in [1.807, 2.05) is 6.92 Å². The molecule has 0 aliphatic carbocycles. The third-order valence-electron chi connectivity index (χ3n) is 2.26. The second kappa shape index (κ2) is 3.22. The first kappa shape index (κ1) is 8.53. The van der Waals surface area contributed by atoms with Crippen molar-refractivity contribution in [3.05, 3.63) is 0 Å². The van der Waals surface area contributed by atoms with Crippen molar-refractivity contribution in [2.45, 2.75) is 26.2 Å². The van der Waals surface area contributed by atoms with E-state index < -0.39 is 5.97 Å². The van der Waals surface area contributed by atoms with Crippen molar-refractivity contribution < 1.29 is 9.90 Å². The predicted octanol–water partition coefficient (Wildman–Crippen LogP) is 0.851. The van der Waals surface area contributed by atoms with E-state index in [1.54, 1.807) is 0 Å². The quantitative estimate of drug-likeness (QED) is 0.624. The molecule has 0 unspecified atom stereocenters. The first-order valence-electron chi connectivity index (χ1n) is 4.05. The summed E-state index contributed by atoms with van der Waals surface area (Å²) in [6.45, 7) is 3.92. The molecule has 3 heteroatoms. The van der Waals surface area contributed by atoms with Gasteiger partial charge >= 0.3 is 5.97 Å². The van der Waals surface area contributed by atoms with Crippen LogP contribution in [-0.2, 0) is 4.79 Å². The van der Waals surface area contributed by atoms with Gasteiger partial charge in [0.25, 0.3) is 0 Å². The second-order valence-electron chi connectivity index (χ2n) is 3.66. The Hall–Kier alpha value is -0.570. The van der Waals surface area contributed by atoms with Crippen LogP contribution in [0.2, 0.25) is 0 Å². The van der Waals surface area contributed by atoms with Gasteiger partial charge in [0.2, 0.25) is 0 Å². The van der Waals surface area contributed by atoms with E-state index in [4.69, 9.17) is 5.11 Å². The number of carbonyl (C=O) groups is 1. The van der Waals surface area contributed by atoms with Crippen LogP contribution >= 0.6 is 0 Å². The number of rotatable bonds is 2. The van der Waals surface area contributed by atoms with E-state index in [9.17, 15) is 4.79 Å². The van der Waals surface area contributed by atoms with Gasteiger partial charge in [0, 0.05) is 6.54 Å². The Kier molecular flexibility index (Phi) is 2.49. The molecular formula is C8H15NO2. The molecule has 1 atom stereocenters. The number of carboxylic acids is 1. The van der Waals surface area contributed by atoms with E-state index >= 15 is 0 Å². The summed E-state index contributed by atoms with van der Waals surface area (Å²) in [5.74, 6) is -0.684. The molecule has 0 bridgehead atoms. The lowest BCUT2D eigenvalue weighted by atomic mass is 9.80. The van der Waals surface area contributed by atoms with Crippen molar-refractivity contribution in [2.75, 3.05) is 13.1 Å². The predicted molar refractivity (Wildman–Crippen MR) is 42.5 cm³/mol. The normalized spacial score (nSPS) is 31.7. The largest absolute Gasteiger partial charge is 0.481 e. The maximum absolute atomic E-state index is 10.4. The van der Waals surface area contributed by atoms with Gasteiger partial charge in [-0.3, -0.25) is 4.79 Å². The highest BCUT2D eigenvalue weighted by molar-refractivity contribution is 5.67.